The number of aryl methyl sites for hydroxylation is 2. The molecule has 0 unspecified atom stereocenters. The number of anilines is 1. The fourth-order valence-corrected chi connectivity index (χ4v) is 2.99. The number of methoxy groups -OCH3 is 1. The quantitative estimate of drug-likeness (QED) is 0.751. The number of carbonyl (C=O) groups is 1. The third-order valence-electron chi connectivity index (χ3n) is 3.12. The largest absolute Gasteiger partial charge is 0.468 e. The number of sulfonamides is 1. The van der Waals surface area contributed by atoms with Gasteiger partial charge in [-0.05, 0) is 24.0 Å². The first-order valence-corrected chi connectivity index (χ1v) is 8.35. The molecule has 0 aliphatic rings. The lowest BCUT2D eigenvalue weighted by Crippen LogP contribution is -2.36. The number of para-hydroxylation sites is 1. The summed E-state index contributed by atoms with van der Waals surface area (Å²) in [6.07, 6.45) is 2.48. The second-order valence-electron chi connectivity index (χ2n) is 4.48. The highest BCUT2D eigenvalue weighted by Crippen LogP contribution is 2.28. The van der Waals surface area contributed by atoms with Gasteiger partial charge in [0.15, 0.2) is 0 Å². The summed E-state index contributed by atoms with van der Waals surface area (Å²) < 4.78 is 29.8. The normalized spacial score (nSPS) is 11.2. The van der Waals surface area contributed by atoms with E-state index in [0.29, 0.717) is 18.5 Å². The van der Waals surface area contributed by atoms with Gasteiger partial charge in [0.1, 0.15) is 6.54 Å². The topological polar surface area (TPSA) is 63.7 Å². The highest BCUT2D eigenvalue weighted by molar-refractivity contribution is 7.92. The number of hydrogen-bond acceptors (Lipinski definition) is 4. The second-order valence-corrected chi connectivity index (χ2v) is 6.38. The van der Waals surface area contributed by atoms with Gasteiger partial charge in [0, 0.05) is 0 Å². The lowest BCUT2D eigenvalue weighted by Gasteiger charge is -2.26. The third-order valence-corrected chi connectivity index (χ3v) is 4.23. The molecule has 0 bridgehead atoms. The Morgan fingerprint density at radius 3 is 2.05 bits per heavy atom. The second kappa shape index (κ2) is 6.74. The third kappa shape index (κ3) is 3.72. The Labute approximate surface area is 120 Å². The van der Waals surface area contributed by atoms with Crippen molar-refractivity contribution in [1.29, 1.82) is 0 Å². The van der Waals surface area contributed by atoms with E-state index in [0.717, 1.165) is 21.7 Å². The Hall–Kier alpha value is -1.56. The van der Waals surface area contributed by atoms with Crippen LogP contribution in [-0.4, -0.2) is 34.3 Å². The Morgan fingerprint density at radius 1 is 1.20 bits per heavy atom. The highest BCUT2D eigenvalue weighted by atomic mass is 32.2. The standard InChI is InChI=1S/C14H21NO4S/c1-5-11-8-7-9-12(6-2)14(11)15(20(4,17)18)10-13(16)19-3/h7-9H,5-6,10H2,1-4H3. The first-order valence-electron chi connectivity index (χ1n) is 6.50. The van der Waals surface area contributed by atoms with Gasteiger partial charge in [-0.1, -0.05) is 32.0 Å². The number of esters is 1. The van der Waals surface area contributed by atoms with Crippen LogP contribution in [0.1, 0.15) is 25.0 Å². The summed E-state index contributed by atoms with van der Waals surface area (Å²) in [5.74, 6) is -0.580. The van der Waals surface area contributed by atoms with Crippen molar-refractivity contribution in [2.75, 3.05) is 24.2 Å². The lowest BCUT2D eigenvalue weighted by atomic mass is 10.0. The van der Waals surface area contributed by atoms with Crippen molar-refractivity contribution >= 4 is 21.7 Å². The van der Waals surface area contributed by atoms with Crippen LogP contribution in [0.15, 0.2) is 18.2 Å². The molecule has 0 heterocycles. The first kappa shape index (κ1) is 16.5. The van der Waals surface area contributed by atoms with Crippen molar-refractivity contribution in [1.82, 2.24) is 0 Å². The van der Waals surface area contributed by atoms with Crippen LogP contribution in [0.4, 0.5) is 5.69 Å². The van der Waals surface area contributed by atoms with Gasteiger partial charge in [0.2, 0.25) is 10.0 Å². The van der Waals surface area contributed by atoms with E-state index < -0.39 is 16.0 Å². The van der Waals surface area contributed by atoms with E-state index in [2.05, 4.69) is 4.74 Å². The molecule has 0 radical (unpaired) electrons. The van der Waals surface area contributed by atoms with Crippen LogP contribution in [0, 0.1) is 0 Å². The van der Waals surface area contributed by atoms with Crippen LogP contribution in [0.3, 0.4) is 0 Å². The minimum Gasteiger partial charge on any atom is -0.468 e. The SMILES string of the molecule is CCc1cccc(CC)c1N(CC(=O)OC)S(C)(=O)=O. The van der Waals surface area contributed by atoms with E-state index in [-0.39, 0.29) is 6.54 Å². The average Bonchev–Trinajstić information content (AvgIpc) is 2.42. The molecule has 5 nitrogen and oxygen atoms in total. The Morgan fingerprint density at radius 2 is 1.70 bits per heavy atom. The zero-order valence-electron chi connectivity index (χ0n) is 12.3. The molecular weight excluding hydrogens is 278 g/mol. The van der Waals surface area contributed by atoms with Gasteiger partial charge < -0.3 is 4.74 Å². The molecular formula is C14H21NO4S. The van der Waals surface area contributed by atoms with Gasteiger partial charge in [-0.15, -0.1) is 0 Å². The number of rotatable bonds is 6. The van der Waals surface area contributed by atoms with Crippen molar-refractivity contribution in [3.8, 4) is 0 Å². The number of carbonyl (C=O) groups excluding carboxylic acids is 1. The number of ether oxygens (including phenoxy) is 1. The Balaban J connectivity index is 3.44. The van der Waals surface area contributed by atoms with Crippen LogP contribution in [-0.2, 0) is 32.4 Å². The fourth-order valence-electron chi connectivity index (χ4n) is 2.08. The summed E-state index contributed by atoms with van der Waals surface area (Å²) in [5.41, 5.74) is 2.41. The predicted molar refractivity (Wildman–Crippen MR) is 79.4 cm³/mol. The maximum atomic E-state index is 12.0. The molecule has 1 aromatic rings. The zero-order valence-corrected chi connectivity index (χ0v) is 13.2. The fraction of sp³-hybridized carbons (Fsp3) is 0.500. The molecule has 0 fully saturated rings. The molecule has 112 valence electrons. The van der Waals surface area contributed by atoms with Crippen molar-refractivity contribution < 1.29 is 17.9 Å². The molecule has 0 saturated carbocycles. The molecule has 20 heavy (non-hydrogen) atoms. The van der Waals surface area contributed by atoms with Gasteiger partial charge in [-0.2, -0.15) is 0 Å². The molecule has 0 N–H and O–H groups in total. The van der Waals surface area contributed by atoms with E-state index in [4.69, 9.17) is 0 Å². The van der Waals surface area contributed by atoms with Gasteiger partial charge in [-0.25, -0.2) is 8.42 Å². The number of benzene rings is 1. The summed E-state index contributed by atoms with van der Waals surface area (Å²) in [6.45, 7) is 3.60. The van der Waals surface area contributed by atoms with Crippen LogP contribution < -0.4 is 4.31 Å². The molecule has 0 amide bonds. The smallest absolute Gasteiger partial charge is 0.326 e. The van der Waals surface area contributed by atoms with Gasteiger partial charge in [0.25, 0.3) is 0 Å². The molecule has 0 aliphatic heterocycles. The van der Waals surface area contributed by atoms with E-state index in [1.54, 1.807) is 0 Å². The van der Waals surface area contributed by atoms with Crippen LogP contribution >= 0.6 is 0 Å². The zero-order chi connectivity index (χ0) is 15.3. The van der Waals surface area contributed by atoms with Crippen LogP contribution in [0.5, 0.6) is 0 Å². The van der Waals surface area contributed by atoms with Crippen LogP contribution in [0.2, 0.25) is 0 Å². The van der Waals surface area contributed by atoms with Gasteiger partial charge >= 0.3 is 5.97 Å². The molecule has 0 spiro atoms. The summed E-state index contributed by atoms with van der Waals surface area (Å²) in [6, 6.07) is 5.66. The van der Waals surface area contributed by atoms with E-state index >= 15 is 0 Å². The molecule has 0 atom stereocenters. The predicted octanol–water partition coefficient (Wildman–Crippen LogP) is 1.75. The van der Waals surface area contributed by atoms with Gasteiger partial charge in [-0.3, -0.25) is 9.10 Å². The molecule has 0 aliphatic carbocycles. The molecule has 0 aromatic heterocycles. The monoisotopic (exact) mass is 299 g/mol. The van der Waals surface area contributed by atoms with Crippen molar-refractivity contribution in [3.05, 3.63) is 29.3 Å². The first-order chi connectivity index (χ1) is 9.35. The van der Waals surface area contributed by atoms with E-state index in [1.807, 2.05) is 32.0 Å². The summed E-state index contributed by atoms with van der Waals surface area (Å²) >= 11 is 0. The maximum Gasteiger partial charge on any atom is 0.326 e. The Bertz CT molecular complexity index is 559. The summed E-state index contributed by atoms with van der Waals surface area (Å²) in [5, 5.41) is 0. The lowest BCUT2D eigenvalue weighted by molar-refractivity contribution is -0.138. The van der Waals surface area contributed by atoms with Gasteiger partial charge in [0.05, 0.1) is 19.1 Å². The molecule has 6 heteroatoms. The molecule has 1 rings (SSSR count). The molecule has 1 aromatic carbocycles. The van der Waals surface area contributed by atoms with Crippen molar-refractivity contribution in [2.24, 2.45) is 0 Å². The van der Waals surface area contributed by atoms with Crippen molar-refractivity contribution in [2.45, 2.75) is 26.7 Å². The summed E-state index contributed by atoms with van der Waals surface area (Å²) in [7, 11) is -2.31. The maximum absolute atomic E-state index is 12.0. The minimum absolute atomic E-state index is 0.306. The minimum atomic E-state index is -3.56. The van der Waals surface area contributed by atoms with E-state index in [9.17, 15) is 13.2 Å². The average molecular weight is 299 g/mol. The van der Waals surface area contributed by atoms with Crippen molar-refractivity contribution in [3.63, 3.8) is 0 Å². The van der Waals surface area contributed by atoms with E-state index in [1.165, 1.54) is 7.11 Å². The highest BCUT2D eigenvalue weighted by Gasteiger charge is 2.25. The Kier molecular flexibility index (Phi) is 5.56. The van der Waals surface area contributed by atoms with Crippen LogP contribution in [0.25, 0.3) is 0 Å². The summed E-state index contributed by atoms with van der Waals surface area (Å²) in [4.78, 5) is 11.5. The molecule has 0 saturated heterocycles. The number of nitrogens with zero attached hydrogens (tertiary/aromatic N) is 1. The number of hydrogen-bond donors (Lipinski definition) is 0.